The van der Waals surface area contributed by atoms with E-state index >= 15 is 0 Å². The minimum Gasteiger partial charge on any atom is -0.480 e. The second kappa shape index (κ2) is 9.25. The van der Waals surface area contributed by atoms with Crippen LogP contribution in [0.25, 0.3) is 11.1 Å². The molecule has 33 heavy (non-hydrogen) atoms. The van der Waals surface area contributed by atoms with Crippen molar-refractivity contribution in [2.45, 2.75) is 57.0 Å². The molecule has 1 fully saturated rings. The summed E-state index contributed by atoms with van der Waals surface area (Å²) in [6, 6.07) is 15.3. The molecule has 1 saturated heterocycles. The number of carboxylic acids is 1. The van der Waals surface area contributed by atoms with E-state index in [9.17, 15) is 19.5 Å². The van der Waals surface area contributed by atoms with E-state index in [1.165, 1.54) is 4.90 Å². The Morgan fingerprint density at radius 1 is 1.03 bits per heavy atom. The van der Waals surface area contributed by atoms with Gasteiger partial charge in [-0.2, -0.15) is 0 Å². The summed E-state index contributed by atoms with van der Waals surface area (Å²) in [7, 11) is 0. The molecule has 2 aromatic rings. The number of carboxylic acid groups (broad SMARTS) is 1. The molecule has 1 aliphatic heterocycles. The normalized spacial score (nSPS) is 17.4. The third-order valence-electron chi connectivity index (χ3n) is 7.10. The van der Waals surface area contributed by atoms with Crippen molar-refractivity contribution < 1.29 is 24.2 Å². The predicted molar refractivity (Wildman–Crippen MR) is 124 cm³/mol. The van der Waals surface area contributed by atoms with Crippen molar-refractivity contribution in [3.8, 4) is 11.1 Å². The molecular weight excluding hydrogens is 420 g/mol. The van der Waals surface area contributed by atoms with Crippen LogP contribution in [0, 0.1) is 0 Å². The zero-order valence-corrected chi connectivity index (χ0v) is 19.0. The molecule has 174 valence electrons. The minimum atomic E-state index is -1.19. The first kappa shape index (κ1) is 22.8. The van der Waals surface area contributed by atoms with Gasteiger partial charge in [-0.15, -0.1) is 0 Å². The van der Waals surface area contributed by atoms with Gasteiger partial charge in [0.15, 0.2) is 0 Å². The van der Waals surface area contributed by atoms with Gasteiger partial charge in [-0.1, -0.05) is 62.4 Å². The number of nitrogens with zero attached hydrogens (tertiary/aromatic N) is 1. The van der Waals surface area contributed by atoms with Crippen LogP contribution in [0.3, 0.4) is 0 Å². The Morgan fingerprint density at radius 3 is 2.15 bits per heavy atom. The number of hydrogen-bond acceptors (Lipinski definition) is 4. The highest BCUT2D eigenvalue weighted by Gasteiger charge is 2.45. The summed E-state index contributed by atoms with van der Waals surface area (Å²) in [6.45, 7) is 4.16. The second-order valence-electron chi connectivity index (χ2n) is 8.73. The summed E-state index contributed by atoms with van der Waals surface area (Å²) in [4.78, 5) is 39.2. The molecule has 2 aliphatic rings. The van der Waals surface area contributed by atoms with Gasteiger partial charge in [0.2, 0.25) is 5.91 Å². The highest BCUT2D eigenvalue weighted by molar-refractivity contribution is 5.93. The molecule has 0 radical (unpaired) electrons. The van der Waals surface area contributed by atoms with Gasteiger partial charge in [0.05, 0.1) is 0 Å². The minimum absolute atomic E-state index is 0.0773. The molecule has 2 N–H and O–H groups in total. The Morgan fingerprint density at radius 2 is 1.61 bits per heavy atom. The third-order valence-corrected chi connectivity index (χ3v) is 7.10. The lowest BCUT2D eigenvalue weighted by Crippen LogP contribution is -2.60. The lowest BCUT2D eigenvalue weighted by atomic mass is 9.90. The molecule has 0 saturated carbocycles. The van der Waals surface area contributed by atoms with E-state index in [1.54, 1.807) is 0 Å². The Labute approximate surface area is 193 Å². The lowest BCUT2D eigenvalue weighted by Gasteiger charge is -2.36. The SMILES string of the molecule is CCC(CC)(NC(=O)OCC1c2ccccc2-c2ccccc21)C(=O)N1CCCC1C(=O)O. The van der Waals surface area contributed by atoms with Gasteiger partial charge >= 0.3 is 12.1 Å². The number of nitrogens with one attached hydrogen (secondary N) is 1. The number of aliphatic carboxylic acids is 1. The highest BCUT2D eigenvalue weighted by Crippen LogP contribution is 2.44. The van der Waals surface area contributed by atoms with Crippen LogP contribution >= 0.6 is 0 Å². The van der Waals surface area contributed by atoms with Gasteiger partial charge in [0.25, 0.3) is 0 Å². The number of carbonyl (C=O) groups is 3. The van der Waals surface area contributed by atoms with Crippen LogP contribution in [0.4, 0.5) is 4.79 Å². The maximum absolute atomic E-state index is 13.4. The van der Waals surface area contributed by atoms with E-state index in [2.05, 4.69) is 17.4 Å². The zero-order valence-electron chi connectivity index (χ0n) is 19.0. The van der Waals surface area contributed by atoms with Gasteiger partial charge in [-0.3, -0.25) is 4.79 Å². The first-order chi connectivity index (χ1) is 15.9. The smallest absolute Gasteiger partial charge is 0.408 e. The van der Waals surface area contributed by atoms with Gasteiger partial charge in [0, 0.05) is 12.5 Å². The average molecular weight is 451 g/mol. The molecule has 1 atom stereocenters. The van der Waals surface area contributed by atoms with Crippen molar-refractivity contribution in [2.75, 3.05) is 13.2 Å². The number of amides is 2. The summed E-state index contributed by atoms with van der Waals surface area (Å²) >= 11 is 0. The standard InChI is InChI=1S/C26H30N2O5/c1-3-26(4-2,24(31)28-15-9-14-22(28)23(29)30)27-25(32)33-16-21-19-12-7-5-10-17(19)18-11-6-8-13-20(18)21/h5-8,10-13,21-22H,3-4,9,14-16H2,1-2H3,(H,27,32)(H,29,30). The number of rotatable bonds is 7. The summed E-state index contributed by atoms with van der Waals surface area (Å²) in [5.41, 5.74) is 3.31. The van der Waals surface area contributed by atoms with E-state index in [-0.39, 0.29) is 18.4 Å². The van der Waals surface area contributed by atoms with Crippen LogP contribution in [0.5, 0.6) is 0 Å². The molecule has 1 aliphatic carbocycles. The van der Waals surface area contributed by atoms with E-state index in [1.807, 2.05) is 50.2 Å². The fourth-order valence-electron chi connectivity index (χ4n) is 5.15. The van der Waals surface area contributed by atoms with Crippen molar-refractivity contribution in [1.82, 2.24) is 10.2 Å². The molecule has 0 bridgehead atoms. The van der Waals surface area contributed by atoms with E-state index in [0.717, 1.165) is 22.3 Å². The van der Waals surface area contributed by atoms with Crippen LogP contribution in [0.15, 0.2) is 48.5 Å². The second-order valence-corrected chi connectivity index (χ2v) is 8.73. The van der Waals surface area contributed by atoms with Crippen LogP contribution in [0.2, 0.25) is 0 Å². The molecule has 0 spiro atoms. The largest absolute Gasteiger partial charge is 0.480 e. The van der Waals surface area contributed by atoms with Crippen LogP contribution in [-0.4, -0.2) is 52.7 Å². The molecule has 4 rings (SSSR count). The van der Waals surface area contributed by atoms with Crippen molar-refractivity contribution in [3.05, 3.63) is 59.7 Å². The fraction of sp³-hybridized carbons (Fsp3) is 0.423. The maximum Gasteiger partial charge on any atom is 0.408 e. The Balaban J connectivity index is 1.48. The summed E-state index contributed by atoms with van der Waals surface area (Å²) < 4.78 is 5.65. The molecule has 1 heterocycles. The maximum atomic E-state index is 13.4. The number of fused-ring (bicyclic) bond motifs is 3. The first-order valence-corrected chi connectivity index (χ1v) is 11.6. The Kier molecular flexibility index (Phi) is 6.40. The van der Waals surface area contributed by atoms with Gasteiger partial charge in [-0.05, 0) is 47.9 Å². The van der Waals surface area contributed by atoms with Gasteiger partial charge in [0.1, 0.15) is 18.2 Å². The Bertz CT molecular complexity index is 1020. The van der Waals surface area contributed by atoms with Crippen molar-refractivity contribution in [3.63, 3.8) is 0 Å². The van der Waals surface area contributed by atoms with Crippen LogP contribution < -0.4 is 5.32 Å². The van der Waals surface area contributed by atoms with Gasteiger partial charge in [-0.25, -0.2) is 9.59 Å². The number of likely N-dealkylation sites (tertiary alicyclic amines) is 1. The fourth-order valence-corrected chi connectivity index (χ4v) is 5.15. The Hall–Kier alpha value is -3.35. The molecule has 2 amide bonds. The quantitative estimate of drug-likeness (QED) is 0.660. The summed E-state index contributed by atoms with van der Waals surface area (Å²) in [5, 5.41) is 12.3. The van der Waals surface area contributed by atoms with Crippen molar-refractivity contribution in [2.24, 2.45) is 0 Å². The molecule has 7 nitrogen and oxygen atoms in total. The zero-order chi connectivity index (χ0) is 23.6. The number of carbonyl (C=O) groups excluding carboxylic acids is 2. The monoisotopic (exact) mass is 450 g/mol. The van der Waals surface area contributed by atoms with E-state index in [0.29, 0.717) is 32.2 Å². The number of hydrogen-bond donors (Lipinski definition) is 2. The summed E-state index contributed by atoms with van der Waals surface area (Å²) in [6.07, 6.45) is 1.08. The molecule has 0 aromatic heterocycles. The number of benzene rings is 2. The van der Waals surface area contributed by atoms with Gasteiger partial charge < -0.3 is 20.1 Å². The van der Waals surface area contributed by atoms with Crippen molar-refractivity contribution >= 4 is 18.0 Å². The van der Waals surface area contributed by atoms with Crippen LogP contribution in [-0.2, 0) is 14.3 Å². The topological polar surface area (TPSA) is 95.9 Å². The molecule has 2 aromatic carbocycles. The summed E-state index contributed by atoms with van der Waals surface area (Å²) in [5.74, 6) is -1.44. The highest BCUT2D eigenvalue weighted by atomic mass is 16.5. The predicted octanol–water partition coefficient (Wildman–Crippen LogP) is 4.16. The van der Waals surface area contributed by atoms with Crippen LogP contribution in [0.1, 0.15) is 56.6 Å². The number of ether oxygens (including phenoxy) is 1. The first-order valence-electron chi connectivity index (χ1n) is 11.6. The lowest BCUT2D eigenvalue weighted by molar-refractivity contribution is -0.151. The molecular formula is C26H30N2O5. The molecule has 1 unspecified atom stereocenters. The van der Waals surface area contributed by atoms with E-state index in [4.69, 9.17) is 4.74 Å². The number of alkyl carbamates (subject to hydrolysis) is 1. The third kappa shape index (κ3) is 4.08. The van der Waals surface area contributed by atoms with Crippen molar-refractivity contribution in [1.29, 1.82) is 0 Å². The average Bonchev–Trinajstić information content (AvgIpc) is 3.44. The van der Waals surface area contributed by atoms with E-state index < -0.39 is 23.6 Å². The molecule has 7 heteroatoms.